The van der Waals surface area contributed by atoms with E-state index in [1.165, 1.54) is 55.2 Å². The third-order valence-electron chi connectivity index (χ3n) is 6.02. The molecule has 0 amide bonds. The van der Waals surface area contributed by atoms with Gasteiger partial charge in [-0.1, -0.05) is 83.7 Å². The summed E-state index contributed by atoms with van der Waals surface area (Å²) in [6.45, 7) is 15.0. The second kappa shape index (κ2) is 8.94. The zero-order valence-electron chi connectivity index (χ0n) is 18.4. The maximum absolute atomic E-state index is 5.64. The molecule has 0 unspecified atom stereocenters. The van der Waals surface area contributed by atoms with E-state index in [1.807, 2.05) is 6.92 Å². The van der Waals surface area contributed by atoms with Gasteiger partial charge in [-0.25, -0.2) is 9.97 Å². The van der Waals surface area contributed by atoms with Crippen LogP contribution in [0.25, 0.3) is 11.1 Å². The zero-order valence-corrected chi connectivity index (χ0v) is 18.4. The normalized spacial score (nSPS) is 17.7. The Hall–Kier alpha value is -2.42. The summed E-state index contributed by atoms with van der Waals surface area (Å²) in [5.41, 5.74) is 13.6. The van der Waals surface area contributed by atoms with Gasteiger partial charge in [-0.05, 0) is 53.0 Å². The summed E-state index contributed by atoms with van der Waals surface area (Å²) in [5, 5.41) is 0. The molecule has 29 heavy (non-hydrogen) atoms. The lowest BCUT2D eigenvalue weighted by molar-refractivity contribution is 0.365. The van der Waals surface area contributed by atoms with Crippen LogP contribution in [0.4, 0.5) is 5.95 Å². The van der Waals surface area contributed by atoms with Gasteiger partial charge < -0.3 is 5.73 Å². The highest BCUT2D eigenvalue weighted by Gasteiger charge is 2.27. The maximum atomic E-state index is 5.64. The molecule has 2 N–H and O–H groups in total. The number of aromatic nitrogens is 2. The summed E-state index contributed by atoms with van der Waals surface area (Å²) in [7, 11) is 0. The van der Waals surface area contributed by atoms with Gasteiger partial charge in [-0.2, -0.15) is 0 Å². The van der Waals surface area contributed by atoms with Gasteiger partial charge in [-0.3, -0.25) is 0 Å². The molecule has 0 aliphatic heterocycles. The number of aryl methyl sites for hydroxylation is 1. The van der Waals surface area contributed by atoms with Gasteiger partial charge in [0.25, 0.3) is 0 Å². The van der Waals surface area contributed by atoms with Crippen LogP contribution in [0.3, 0.4) is 0 Å². The fourth-order valence-electron chi connectivity index (χ4n) is 4.52. The van der Waals surface area contributed by atoms with Gasteiger partial charge in [0.15, 0.2) is 0 Å². The van der Waals surface area contributed by atoms with Crippen molar-refractivity contribution in [2.45, 2.75) is 72.1 Å². The molecule has 1 aromatic heterocycles. The number of anilines is 1. The van der Waals surface area contributed by atoms with E-state index < -0.39 is 0 Å². The smallest absolute Gasteiger partial charge is 0.220 e. The predicted octanol–water partition coefficient (Wildman–Crippen LogP) is 6.75. The van der Waals surface area contributed by atoms with E-state index in [9.17, 15) is 0 Å². The molecule has 3 nitrogen and oxygen atoms in total. The molecular formula is C26H35N3. The van der Waals surface area contributed by atoms with Crippen LogP contribution in [0.2, 0.25) is 0 Å². The first-order valence-electron chi connectivity index (χ1n) is 10.9. The van der Waals surface area contributed by atoms with Crippen LogP contribution in [-0.2, 0) is 6.42 Å². The fraction of sp³-hybridized carbons (Fsp3) is 0.462. The standard InChI is InChI=1S/C20H23N3.C6H12/c1-12-9-20(4,5)10-16-8-15(6-7-17(12)16)13(2)18-11-22-19(21)23-14(18)3;1-2-4-6-5-3-1/h6-8,11H,1-2,9-10H2,3-5H3,(H2,21,22,23);1-6H2. The summed E-state index contributed by atoms with van der Waals surface area (Å²) >= 11 is 0. The van der Waals surface area contributed by atoms with E-state index in [0.29, 0.717) is 5.95 Å². The van der Waals surface area contributed by atoms with Crippen LogP contribution in [0, 0.1) is 12.3 Å². The van der Waals surface area contributed by atoms with E-state index in [1.54, 1.807) is 6.20 Å². The van der Waals surface area contributed by atoms with Gasteiger partial charge in [-0.15, -0.1) is 0 Å². The second-order valence-electron chi connectivity index (χ2n) is 9.32. The van der Waals surface area contributed by atoms with Crippen molar-refractivity contribution in [3.8, 4) is 0 Å². The lowest BCUT2D eigenvalue weighted by atomic mass is 9.72. The van der Waals surface area contributed by atoms with Crippen LogP contribution in [0.1, 0.15) is 86.7 Å². The summed E-state index contributed by atoms with van der Waals surface area (Å²) in [4.78, 5) is 8.34. The monoisotopic (exact) mass is 389 g/mol. The van der Waals surface area contributed by atoms with Crippen molar-refractivity contribution < 1.29 is 0 Å². The predicted molar refractivity (Wildman–Crippen MR) is 125 cm³/mol. The summed E-state index contributed by atoms with van der Waals surface area (Å²) in [5.74, 6) is 0.294. The number of fused-ring (bicyclic) bond motifs is 1. The number of nitrogens with zero attached hydrogens (tertiary/aromatic N) is 2. The van der Waals surface area contributed by atoms with Gasteiger partial charge in [0.05, 0.1) is 5.69 Å². The SMILES string of the molecule is C1CCCCC1.C=C1CC(C)(C)Cc2cc(C(=C)c3cnc(N)nc3C)ccc21. The molecule has 2 aliphatic carbocycles. The highest BCUT2D eigenvalue weighted by atomic mass is 15.0. The molecule has 1 aromatic carbocycles. The molecule has 0 bridgehead atoms. The average Bonchev–Trinajstić information content (AvgIpc) is 2.68. The first kappa shape index (κ1) is 21.3. The third kappa shape index (κ3) is 5.35. The van der Waals surface area contributed by atoms with Gasteiger partial charge in [0.2, 0.25) is 5.95 Å². The minimum Gasteiger partial charge on any atom is -0.368 e. The van der Waals surface area contributed by atoms with Crippen molar-refractivity contribution in [3.63, 3.8) is 0 Å². The quantitative estimate of drug-likeness (QED) is 0.617. The van der Waals surface area contributed by atoms with E-state index in [0.717, 1.165) is 35.2 Å². The average molecular weight is 390 g/mol. The number of allylic oxidation sites excluding steroid dienone is 1. The molecule has 1 saturated carbocycles. The Balaban J connectivity index is 0.000000343. The lowest BCUT2D eigenvalue weighted by Crippen LogP contribution is -2.21. The Bertz CT molecular complexity index is 893. The Labute approximate surface area is 176 Å². The van der Waals surface area contributed by atoms with Gasteiger partial charge in [0.1, 0.15) is 0 Å². The lowest BCUT2D eigenvalue weighted by Gasteiger charge is -2.33. The van der Waals surface area contributed by atoms with E-state index in [4.69, 9.17) is 5.73 Å². The molecule has 2 aliphatic rings. The van der Waals surface area contributed by atoms with Crippen LogP contribution < -0.4 is 5.73 Å². The first-order chi connectivity index (χ1) is 13.8. The zero-order chi connectivity index (χ0) is 21.0. The fourth-order valence-corrected chi connectivity index (χ4v) is 4.52. The number of nitrogen functional groups attached to an aromatic ring is 1. The number of hydrogen-bond acceptors (Lipinski definition) is 3. The Morgan fingerprint density at radius 1 is 1.03 bits per heavy atom. The Kier molecular flexibility index (Phi) is 6.56. The van der Waals surface area contributed by atoms with Crippen molar-refractivity contribution in [2.24, 2.45) is 5.41 Å². The molecule has 2 aromatic rings. The number of hydrogen-bond donors (Lipinski definition) is 1. The minimum atomic E-state index is 0.254. The topological polar surface area (TPSA) is 51.8 Å². The van der Waals surface area contributed by atoms with Crippen LogP contribution in [0.15, 0.2) is 37.6 Å². The molecule has 1 heterocycles. The van der Waals surface area contributed by atoms with Crippen molar-refractivity contribution in [3.05, 3.63) is 65.5 Å². The molecule has 0 atom stereocenters. The van der Waals surface area contributed by atoms with Crippen LogP contribution >= 0.6 is 0 Å². The van der Waals surface area contributed by atoms with Gasteiger partial charge >= 0.3 is 0 Å². The highest BCUT2D eigenvalue weighted by Crippen LogP contribution is 2.41. The largest absolute Gasteiger partial charge is 0.368 e. The van der Waals surface area contributed by atoms with E-state index in [2.05, 4.69) is 55.2 Å². The maximum Gasteiger partial charge on any atom is 0.220 e. The number of rotatable bonds is 2. The molecule has 154 valence electrons. The van der Waals surface area contributed by atoms with Crippen molar-refractivity contribution in [1.29, 1.82) is 0 Å². The summed E-state index contributed by atoms with van der Waals surface area (Å²) < 4.78 is 0. The molecule has 1 fully saturated rings. The molecule has 4 rings (SSSR count). The molecule has 0 radical (unpaired) electrons. The summed E-state index contributed by atoms with van der Waals surface area (Å²) in [6.07, 6.45) is 12.9. The highest BCUT2D eigenvalue weighted by molar-refractivity contribution is 5.81. The minimum absolute atomic E-state index is 0.254. The van der Waals surface area contributed by atoms with E-state index in [-0.39, 0.29) is 5.41 Å². The second-order valence-corrected chi connectivity index (χ2v) is 9.32. The Morgan fingerprint density at radius 3 is 2.24 bits per heavy atom. The molecule has 0 spiro atoms. The molecular weight excluding hydrogens is 354 g/mol. The molecule has 0 saturated heterocycles. The first-order valence-corrected chi connectivity index (χ1v) is 10.9. The van der Waals surface area contributed by atoms with Crippen LogP contribution in [0.5, 0.6) is 0 Å². The van der Waals surface area contributed by atoms with Crippen molar-refractivity contribution >= 4 is 17.1 Å². The summed E-state index contributed by atoms with van der Waals surface area (Å²) in [6, 6.07) is 6.51. The van der Waals surface area contributed by atoms with E-state index >= 15 is 0 Å². The van der Waals surface area contributed by atoms with Gasteiger partial charge in [0, 0.05) is 11.8 Å². The van der Waals surface area contributed by atoms with Crippen LogP contribution in [-0.4, -0.2) is 9.97 Å². The Morgan fingerprint density at radius 2 is 1.66 bits per heavy atom. The van der Waals surface area contributed by atoms with Crippen molar-refractivity contribution in [2.75, 3.05) is 5.73 Å². The number of nitrogens with two attached hydrogens (primary N) is 1. The number of benzene rings is 1. The molecule has 3 heteroatoms. The van der Waals surface area contributed by atoms with Crippen molar-refractivity contribution in [1.82, 2.24) is 9.97 Å². The third-order valence-corrected chi connectivity index (χ3v) is 6.02.